The molecule has 0 aliphatic rings. The molecule has 0 fully saturated rings. The molecule has 0 heterocycles. The van der Waals surface area contributed by atoms with E-state index in [1.165, 1.54) is 18.2 Å². The Kier molecular flexibility index (Phi) is 3.14. The second-order valence-electron chi connectivity index (χ2n) is 2.61. The molecular formula is C7H5BCl2F3-. The topological polar surface area (TPSA) is 0 Å². The second-order valence-corrected chi connectivity index (χ2v) is 3.43. The molecule has 72 valence electrons. The molecule has 0 amide bonds. The van der Waals surface area contributed by atoms with Crippen LogP contribution in [-0.2, 0) is 6.32 Å². The summed E-state index contributed by atoms with van der Waals surface area (Å²) in [5.74, 6) is 0. The fraction of sp³-hybridized carbons (Fsp3) is 0.143. The molecule has 0 aromatic heterocycles. The first-order valence-electron chi connectivity index (χ1n) is 3.54. The summed E-state index contributed by atoms with van der Waals surface area (Å²) in [6.07, 6.45) is -1.03. The first-order chi connectivity index (χ1) is 5.90. The summed E-state index contributed by atoms with van der Waals surface area (Å²) in [6, 6.07) is 4.30. The molecule has 13 heavy (non-hydrogen) atoms. The van der Waals surface area contributed by atoms with Gasteiger partial charge >= 0.3 is 6.98 Å². The van der Waals surface area contributed by atoms with Crippen molar-refractivity contribution in [1.82, 2.24) is 0 Å². The Balaban J connectivity index is 3.00. The molecule has 6 heteroatoms. The first-order valence-corrected chi connectivity index (χ1v) is 4.29. The Bertz CT molecular complexity index is 291. The number of benzene rings is 1. The molecule has 0 bridgehead atoms. The molecule has 0 N–H and O–H groups in total. The monoisotopic (exact) mass is 227 g/mol. The Morgan fingerprint density at radius 3 is 1.92 bits per heavy atom. The van der Waals surface area contributed by atoms with Gasteiger partial charge in [-0.05, 0) is 17.7 Å². The summed E-state index contributed by atoms with van der Waals surface area (Å²) in [4.78, 5) is 0. The second kappa shape index (κ2) is 3.80. The Labute approximate surface area is 83.7 Å². The summed E-state index contributed by atoms with van der Waals surface area (Å²) in [6.45, 7) is -4.89. The van der Waals surface area contributed by atoms with E-state index < -0.39 is 13.3 Å². The van der Waals surface area contributed by atoms with Gasteiger partial charge in [0.1, 0.15) is 0 Å². The molecule has 0 saturated carbocycles. The summed E-state index contributed by atoms with van der Waals surface area (Å²) in [5.41, 5.74) is -0.0432. The Hall–Kier alpha value is -0.345. The van der Waals surface area contributed by atoms with Crippen molar-refractivity contribution >= 4 is 30.2 Å². The van der Waals surface area contributed by atoms with Crippen LogP contribution >= 0.6 is 23.2 Å². The standard InChI is InChI=1S/C7H5BCl2F3/c9-6-2-1-3-7(10)5(6)4-8(11,12)13/h1-3H,4H2/q-1. The van der Waals surface area contributed by atoms with Gasteiger partial charge in [-0.25, -0.2) is 0 Å². The molecule has 0 atom stereocenters. The highest BCUT2D eigenvalue weighted by atomic mass is 35.5. The average Bonchev–Trinajstić information content (AvgIpc) is 1.95. The fourth-order valence-corrected chi connectivity index (χ4v) is 1.51. The van der Waals surface area contributed by atoms with E-state index in [0.717, 1.165) is 0 Å². The maximum absolute atomic E-state index is 12.0. The molecule has 1 aromatic carbocycles. The van der Waals surface area contributed by atoms with Gasteiger partial charge in [0.2, 0.25) is 0 Å². The summed E-state index contributed by atoms with van der Waals surface area (Å²) >= 11 is 11.1. The molecule has 0 radical (unpaired) electrons. The minimum Gasteiger partial charge on any atom is -0.449 e. The number of halogens is 5. The van der Waals surface area contributed by atoms with E-state index in [9.17, 15) is 12.9 Å². The quantitative estimate of drug-likeness (QED) is 0.672. The van der Waals surface area contributed by atoms with Crippen molar-refractivity contribution < 1.29 is 12.9 Å². The normalized spacial score (nSPS) is 11.8. The molecule has 0 aliphatic carbocycles. The predicted molar refractivity (Wildman–Crippen MR) is 49.2 cm³/mol. The maximum Gasteiger partial charge on any atom is 0.482 e. The zero-order valence-corrected chi connectivity index (χ0v) is 7.92. The lowest BCUT2D eigenvalue weighted by molar-refractivity contribution is 0.468. The van der Waals surface area contributed by atoms with Crippen molar-refractivity contribution in [2.24, 2.45) is 0 Å². The van der Waals surface area contributed by atoms with Crippen LogP contribution in [0.25, 0.3) is 0 Å². The third-order valence-corrected chi connectivity index (χ3v) is 2.21. The van der Waals surface area contributed by atoms with E-state index >= 15 is 0 Å². The lowest BCUT2D eigenvalue weighted by atomic mass is 9.82. The summed E-state index contributed by atoms with van der Waals surface area (Å²) in [7, 11) is 0. The van der Waals surface area contributed by atoms with E-state index in [4.69, 9.17) is 23.2 Å². The van der Waals surface area contributed by atoms with Crippen LogP contribution in [0.5, 0.6) is 0 Å². The number of rotatable bonds is 2. The predicted octanol–water partition coefficient (Wildman–Crippen LogP) is 3.92. The van der Waals surface area contributed by atoms with Crippen LogP contribution in [-0.4, -0.2) is 6.98 Å². The molecule has 0 saturated heterocycles. The zero-order chi connectivity index (χ0) is 10.1. The third-order valence-electron chi connectivity index (χ3n) is 1.50. The highest BCUT2D eigenvalue weighted by Gasteiger charge is 2.25. The van der Waals surface area contributed by atoms with Gasteiger partial charge in [0.25, 0.3) is 0 Å². The van der Waals surface area contributed by atoms with Crippen LogP contribution in [0.2, 0.25) is 10.0 Å². The highest BCUT2D eigenvalue weighted by molar-refractivity contribution is 6.58. The molecule has 1 rings (SSSR count). The number of hydrogen-bond donors (Lipinski definition) is 0. The van der Waals surface area contributed by atoms with Gasteiger partial charge in [-0.15, -0.1) is 0 Å². The lowest BCUT2D eigenvalue weighted by Crippen LogP contribution is -2.19. The summed E-state index contributed by atoms with van der Waals surface area (Å²) in [5, 5.41) is 0.124. The van der Waals surface area contributed by atoms with E-state index in [1.54, 1.807) is 0 Å². The van der Waals surface area contributed by atoms with E-state index in [-0.39, 0.29) is 15.6 Å². The molecular weight excluding hydrogens is 223 g/mol. The van der Waals surface area contributed by atoms with Gasteiger partial charge in [0.15, 0.2) is 0 Å². The molecule has 0 nitrogen and oxygen atoms in total. The van der Waals surface area contributed by atoms with E-state index in [0.29, 0.717) is 0 Å². The van der Waals surface area contributed by atoms with Gasteiger partial charge < -0.3 is 12.9 Å². The molecule has 0 spiro atoms. The minimum absolute atomic E-state index is 0.0432. The van der Waals surface area contributed by atoms with Gasteiger partial charge in [-0.3, -0.25) is 0 Å². The fourth-order valence-electron chi connectivity index (χ4n) is 0.959. The minimum atomic E-state index is -4.89. The van der Waals surface area contributed by atoms with Crippen LogP contribution in [0, 0.1) is 0 Å². The molecule has 0 aliphatic heterocycles. The van der Waals surface area contributed by atoms with Gasteiger partial charge in [0, 0.05) is 10.0 Å². The van der Waals surface area contributed by atoms with Crippen molar-refractivity contribution in [2.45, 2.75) is 6.32 Å². The third kappa shape index (κ3) is 3.12. The first kappa shape index (κ1) is 10.7. The van der Waals surface area contributed by atoms with E-state index in [1.807, 2.05) is 0 Å². The molecule has 1 aromatic rings. The van der Waals surface area contributed by atoms with Crippen LogP contribution in [0.1, 0.15) is 5.56 Å². The average molecular weight is 228 g/mol. The van der Waals surface area contributed by atoms with Crippen molar-refractivity contribution in [3.05, 3.63) is 33.8 Å². The van der Waals surface area contributed by atoms with Crippen molar-refractivity contribution in [3.63, 3.8) is 0 Å². The van der Waals surface area contributed by atoms with Crippen molar-refractivity contribution in [1.29, 1.82) is 0 Å². The van der Waals surface area contributed by atoms with Crippen LogP contribution in [0.15, 0.2) is 18.2 Å². The van der Waals surface area contributed by atoms with Gasteiger partial charge in [-0.2, -0.15) is 0 Å². The summed E-state index contributed by atoms with van der Waals surface area (Å²) < 4.78 is 36.1. The lowest BCUT2D eigenvalue weighted by Gasteiger charge is -2.15. The highest BCUT2D eigenvalue weighted by Crippen LogP contribution is 2.28. The Morgan fingerprint density at radius 1 is 1.08 bits per heavy atom. The van der Waals surface area contributed by atoms with Gasteiger partial charge in [0.05, 0.1) is 0 Å². The van der Waals surface area contributed by atoms with Crippen LogP contribution < -0.4 is 0 Å². The SMILES string of the molecule is F[B-](F)(F)Cc1c(Cl)cccc1Cl. The van der Waals surface area contributed by atoms with Crippen molar-refractivity contribution in [3.8, 4) is 0 Å². The largest absolute Gasteiger partial charge is 0.482 e. The van der Waals surface area contributed by atoms with E-state index in [2.05, 4.69) is 0 Å². The van der Waals surface area contributed by atoms with Crippen LogP contribution in [0.4, 0.5) is 12.9 Å². The molecule has 0 unspecified atom stereocenters. The van der Waals surface area contributed by atoms with Crippen LogP contribution in [0.3, 0.4) is 0 Å². The van der Waals surface area contributed by atoms with Crippen molar-refractivity contribution in [2.75, 3.05) is 0 Å². The Morgan fingerprint density at radius 2 is 1.54 bits per heavy atom. The smallest absolute Gasteiger partial charge is 0.449 e. The van der Waals surface area contributed by atoms with Gasteiger partial charge in [-0.1, -0.05) is 35.6 Å². The maximum atomic E-state index is 12.0. The zero-order valence-electron chi connectivity index (χ0n) is 6.41. The number of hydrogen-bond acceptors (Lipinski definition) is 0.